The largest absolute Gasteiger partial charge is 0.358 e. The predicted octanol–water partition coefficient (Wildman–Crippen LogP) is 3.15. The molecule has 146 valence electrons. The van der Waals surface area contributed by atoms with Gasteiger partial charge >= 0.3 is 0 Å². The van der Waals surface area contributed by atoms with E-state index in [1.54, 1.807) is 6.21 Å². The van der Waals surface area contributed by atoms with Crippen LogP contribution in [0.15, 0.2) is 29.4 Å². The van der Waals surface area contributed by atoms with Crippen LogP contribution in [0.3, 0.4) is 0 Å². The first-order valence-electron chi connectivity index (χ1n) is 9.08. The van der Waals surface area contributed by atoms with E-state index in [1.807, 2.05) is 38.1 Å². The van der Waals surface area contributed by atoms with Crippen molar-refractivity contribution in [3.05, 3.63) is 40.5 Å². The highest BCUT2D eigenvalue weighted by Gasteiger charge is 2.11. The van der Waals surface area contributed by atoms with E-state index >= 15 is 0 Å². The minimum atomic E-state index is -0.297. The quantitative estimate of drug-likeness (QED) is 0.400. The number of H-pyrrole nitrogens is 1. The lowest BCUT2D eigenvalue weighted by Gasteiger charge is -1.98. The average Bonchev–Trinajstić information content (AvgIpc) is 3.23. The second kappa shape index (κ2) is 9.23. The van der Waals surface area contributed by atoms with E-state index in [4.69, 9.17) is 0 Å². The number of nitrogens with one attached hydrogen (secondary N) is 3. The molecule has 0 radical (unpaired) electrons. The zero-order chi connectivity index (χ0) is 19.9. The van der Waals surface area contributed by atoms with Crippen molar-refractivity contribution in [3.63, 3.8) is 0 Å². The van der Waals surface area contributed by atoms with Gasteiger partial charge in [-0.1, -0.05) is 42.9 Å². The zero-order valence-electron chi connectivity index (χ0n) is 15.8. The van der Waals surface area contributed by atoms with Gasteiger partial charge in [-0.05, 0) is 19.4 Å². The van der Waals surface area contributed by atoms with Crippen molar-refractivity contribution in [2.75, 3.05) is 5.32 Å². The number of fused-ring (bicyclic) bond motifs is 1. The van der Waals surface area contributed by atoms with Crippen LogP contribution in [-0.4, -0.2) is 33.2 Å². The molecule has 0 bridgehead atoms. The normalized spacial score (nSPS) is 11.2. The molecule has 0 aliphatic heterocycles. The number of amides is 2. The molecule has 0 aliphatic carbocycles. The Hall–Kier alpha value is -3.07. The minimum absolute atomic E-state index is 0.0483. The number of anilines is 1. The summed E-state index contributed by atoms with van der Waals surface area (Å²) in [6.07, 6.45) is 3.91. The van der Waals surface area contributed by atoms with E-state index in [9.17, 15) is 9.59 Å². The van der Waals surface area contributed by atoms with Gasteiger partial charge in [-0.3, -0.25) is 9.59 Å². The van der Waals surface area contributed by atoms with Crippen LogP contribution in [-0.2, 0) is 16.0 Å². The van der Waals surface area contributed by atoms with Crippen molar-refractivity contribution < 1.29 is 9.59 Å². The van der Waals surface area contributed by atoms with Crippen LogP contribution in [0.2, 0.25) is 0 Å². The molecule has 0 spiro atoms. The molecule has 2 heterocycles. The van der Waals surface area contributed by atoms with Crippen LogP contribution in [0, 0.1) is 6.92 Å². The van der Waals surface area contributed by atoms with Gasteiger partial charge in [0.15, 0.2) is 0 Å². The molecule has 2 aromatic heterocycles. The highest BCUT2D eigenvalue weighted by Crippen LogP contribution is 2.20. The summed E-state index contributed by atoms with van der Waals surface area (Å²) >= 11 is 1.19. The molecule has 8 nitrogen and oxygen atoms in total. The Morgan fingerprint density at radius 2 is 2.07 bits per heavy atom. The van der Waals surface area contributed by atoms with Crippen LogP contribution < -0.4 is 10.7 Å². The van der Waals surface area contributed by atoms with Crippen LogP contribution in [0.4, 0.5) is 5.13 Å². The number of aryl methyl sites for hydroxylation is 1. The lowest BCUT2D eigenvalue weighted by Crippen LogP contribution is -2.19. The van der Waals surface area contributed by atoms with Gasteiger partial charge in [0.1, 0.15) is 5.01 Å². The predicted molar refractivity (Wildman–Crippen MR) is 111 cm³/mol. The first-order chi connectivity index (χ1) is 13.6. The van der Waals surface area contributed by atoms with E-state index in [-0.39, 0.29) is 18.2 Å². The summed E-state index contributed by atoms with van der Waals surface area (Å²) in [7, 11) is 0. The van der Waals surface area contributed by atoms with Crippen molar-refractivity contribution in [3.8, 4) is 0 Å². The molecular formula is C19H22N6O2S. The zero-order valence-corrected chi connectivity index (χ0v) is 16.6. The van der Waals surface area contributed by atoms with Crippen molar-refractivity contribution in [1.82, 2.24) is 20.6 Å². The summed E-state index contributed by atoms with van der Waals surface area (Å²) < 4.78 is 0. The third-order valence-corrected chi connectivity index (χ3v) is 4.95. The fourth-order valence-electron chi connectivity index (χ4n) is 2.71. The van der Waals surface area contributed by atoms with E-state index in [1.165, 1.54) is 11.3 Å². The molecule has 2 amide bonds. The summed E-state index contributed by atoms with van der Waals surface area (Å²) in [5.41, 5.74) is 5.44. The number of hydrazone groups is 1. The summed E-state index contributed by atoms with van der Waals surface area (Å²) in [6, 6.07) is 7.91. The van der Waals surface area contributed by atoms with Crippen molar-refractivity contribution in [2.24, 2.45) is 5.10 Å². The maximum absolute atomic E-state index is 12.1. The molecule has 0 fully saturated rings. The van der Waals surface area contributed by atoms with Crippen LogP contribution in [0.25, 0.3) is 10.9 Å². The Balaban J connectivity index is 1.54. The molecule has 0 atom stereocenters. The van der Waals surface area contributed by atoms with Crippen LogP contribution >= 0.6 is 11.3 Å². The molecule has 3 rings (SSSR count). The second-order valence-corrected chi connectivity index (χ2v) is 7.39. The fraction of sp³-hybridized carbons (Fsp3) is 0.316. The lowest BCUT2D eigenvalue weighted by molar-refractivity contribution is -0.120. The summed E-state index contributed by atoms with van der Waals surface area (Å²) in [5.74, 6) is -0.388. The number of unbranched alkanes of at least 4 members (excludes halogenated alkanes) is 1. The number of aromatic amines is 1. The maximum Gasteiger partial charge on any atom is 0.247 e. The molecule has 9 heteroatoms. The first-order valence-corrected chi connectivity index (χ1v) is 9.90. The fourth-order valence-corrected chi connectivity index (χ4v) is 3.46. The average molecular weight is 398 g/mol. The van der Waals surface area contributed by atoms with Gasteiger partial charge in [-0.15, -0.1) is 10.2 Å². The van der Waals surface area contributed by atoms with Crippen molar-refractivity contribution >= 4 is 45.4 Å². The summed E-state index contributed by atoms with van der Waals surface area (Å²) in [5, 5.41) is 16.6. The number of carbonyl (C=O) groups is 2. The molecule has 3 N–H and O–H groups in total. The van der Waals surface area contributed by atoms with Gasteiger partial charge in [0.2, 0.25) is 16.9 Å². The molecule has 0 aliphatic rings. The number of benzene rings is 1. The van der Waals surface area contributed by atoms with Gasteiger partial charge in [0.05, 0.1) is 12.6 Å². The number of carbonyl (C=O) groups excluding carboxylic acids is 2. The third kappa shape index (κ3) is 5.01. The van der Waals surface area contributed by atoms with Gasteiger partial charge in [0.25, 0.3) is 0 Å². The smallest absolute Gasteiger partial charge is 0.247 e. The monoisotopic (exact) mass is 398 g/mol. The summed E-state index contributed by atoms with van der Waals surface area (Å²) in [4.78, 5) is 27.1. The maximum atomic E-state index is 12.1. The first kappa shape index (κ1) is 19.7. The number of aromatic nitrogens is 3. The Labute approximate surface area is 166 Å². The minimum Gasteiger partial charge on any atom is -0.358 e. The van der Waals surface area contributed by atoms with Crippen molar-refractivity contribution in [2.45, 2.75) is 39.5 Å². The van der Waals surface area contributed by atoms with Crippen LogP contribution in [0.1, 0.15) is 42.5 Å². The highest BCUT2D eigenvalue weighted by molar-refractivity contribution is 7.15. The van der Waals surface area contributed by atoms with E-state index < -0.39 is 0 Å². The third-order valence-electron chi connectivity index (χ3n) is 4.11. The molecular weight excluding hydrogens is 376 g/mol. The lowest BCUT2D eigenvalue weighted by atomic mass is 10.1. The second-order valence-electron chi connectivity index (χ2n) is 6.33. The standard InChI is InChI=1S/C19H22N6O2S/c1-3-4-9-16(26)22-19-25-24-18(28-19)10-17(27)23-20-11-14-12(2)21-15-8-6-5-7-13(14)15/h5-8,11,21H,3-4,9-10H2,1-2H3,(H,23,27)(H,22,25,26). The van der Waals surface area contributed by atoms with E-state index in [0.29, 0.717) is 16.6 Å². The highest BCUT2D eigenvalue weighted by atomic mass is 32.1. The Morgan fingerprint density at radius 3 is 2.89 bits per heavy atom. The molecule has 28 heavy (non-hydrogen) atoms. The Kier molecular flexibility index (Phi) is 6.49. The number of para-hydroxylation sites is 1. The molecule has 0 saturated carbocycles. The summed E-state index contributed by atoms with van der Waals surface area (Å²) in [6.45, 7) is 3.98. The van der Waals surface area contributed by atoms with Gasteiger partial charge in [-0.25, -0.2) is 5.43 Å². The Morgan fingerprint density at radius 1 is 1.25 bits per heavy atom. The number of hydrogen-bond donors (Lipinski definition) is 3. The van der Waals surface area contributed by atoms with Gasteiger partial charge in [0, 0.05) is 28.6 Å². The number of hydrogen-bond acceptors (Lipinski definition) is 6. The van der Waals surface area contributed by atoms with Gasteiger partial charge in [-0.2, -0.15) is 5.10 Å². The Bertz CT molecular complexity index is 1010. The SMILES string of the molecule is CCCCC(=O)Nc1nnc(CC(=O)NN=Cc2c(C)[nH]c3ccccc23)s1. The molecule has 3 aromatic rings. The van der Waals surface area contributed by atoms with Gasteiger partial charge < -0.3 is 10.3 Å². The van der Waals surface area contributed by atoms with Crippen molar-refractivity contribution in [1.29, 1.82) is 0 Å². The van der Waals surface area contributed by atoms with Crippen LogP contribution in [0.5, 0.6) is 0 Å². The molecule has 0 unspecified atom stereocenters. The molecule has 0 saturated heterocycles. The van der Waals surface area contributed by atoms with E-state index in [2.05, 4.69) is 31.0 Å². The number of rotatable bonds is 8. The molecule has 1 aromatic carbocycles. The van der Waals surface area contributed by atoms with E-state index in [0.717, 1.165) is 35.0 Å². The topological polar surface area (TPSA) is 112 Å². The number of nitrogens with zero attached hydrogens (tertiary/aromatic N) is 3.